The van der Waals surface area contributed by atoms with Crippen molar-refractivity contribution >= 4 is 23.5 Å². The van der Waals surface area contributed by atoms with Crippen molar-refractivity contribution in [3.8, 4) is 5.75 Å². The van der Waals surface area contributed by atoms with Crippen molar-refractivity contribution in [3.05, 3.63) is 72.8 Å². The van der Waals surface area contributed by atoms with E-state index in [1.54, 1.807) is 49.6 Å². The number of urea groups is 1. The maximum absolute atomic E-state index is 13.3. The fourth-order valence-corrected chi connectivity index (χ4v) is 3.59. The molecule has 0 aliphatic carbocycles. The molecule has 2 aromatic rings. The summed E-state index contributed by atoms with van der Waals surface area (Å²) in [5.74, 6) is -0.164. The van der Waals surface area contributed by atoms with E-state index in [9.17, 15) is 14.4 Å². The van der Waals surface area contributed by atoms with Crippen molar-refractivity contribution < 1.29 is 19.1 Å². The maximum atomic E-state index is 13.3. The number of methoxy groups -OCH3 is 1. The normalized spacial score (nSPS) is 18.1. The number of benzene rings is 2. The van der Waals surface area contributed by atoms with Gasteiger partial charge in [-0.15, -0.1) is 6.58 Å². The van der Waals surface area contributed by atoms with E-state index in [1.807, 2.05) is 25.1 Å². The smallest absolute Gasteiger partial charge is 0.325 e. The van der Waals surface area contributed by atoms with Crippen LogP contribution in [0.3, 0.4) is 0 Å². The first-order chi connectivity index (χ1) is 14.5. The van der Waals surface area contributed by atoms with Crippen LogP contribution in [0.2, 0.25) is 0 Å². The number of carbonyl (C=O) groups excluding carboxylic acids is 3. The van der Waals surface area contributed by atoms with Gasteiger partial charge in [0.1, 0.15) is 17.8 Å². The Morgan fingerprint density at radius 1 is 1.17 bits per heavy atom. The highest BCUT2D eigenvalue weighted by molar-refractivity contribution is 6.10. The SMILES string of the molecule is C=CCN(C(=O)CN1C(=O)N[C@@](CC)(c2ccc(OC)cc2)C1=O)c1ccccc1. The average Bonchev–Trinajstić information content (AvgIpc) is 3.03. The van der Waals surface area contributed by atoms with Gasteiger partial charge < -0.3 is 15.0 Å². The molecule has 1 heterocycles. The maximum Gasteiger partial charge on any atom is 0.325 e. The van der Waals surface area contributed by atoms with Crippen molar-refractivity contribution in [1.29, 1.82) is 0 Å². The Balaban J connectivity index is 1.85. The summed E-state index contributed by atoms with van der Waals surface area (Å²) in [4.78, 5) is 41.4. The van der Waals surface area contributed by atoms with Crippen molar-refractivity contribution in [2.45, 2.75) is 18.9 Å². The van der Waals surface area contributed by atoms with Gasteiger partial charge in [-0.1, -0.05) is 43.3 Å². The minimum absolute atomic E-state index is 0.268. The molecule has 0 bridgehead atoms. The molecular formula is C23H25N3O4. The van der Waals surface area contributed by atoms with Crippen LogP contribution in [0.1, 0.15) is 18.9 Å². The quantitative estimate of drug-likeness (QED) is 0.539. The van der Waals surface area contributed by atoms with Crippen LogP contribution >= 0.6 is 0 Å². The molecule has 4 amide bonds. The second kappa shape index (κ2) is 8.82. The predicted molar refractivity (Wildman–Crippen MR) is 114 cm³/mol. The molecule has 1 atom stereocenters. The van der Waals surface area contributed by atoms with E-state index < -0.39 is 17.5 Å². The van der Waals surface area contributed by atoms with Gasteiger partial charge in [-0.3, -0.25) is 14.5 Å². The van der Waals surface area contributed by atoms with Crippen molar-refractivity contribution in [2.75, 3.05) is 25.1 Å². The third-order valence-electron chi connectivity index (χ3n) is 5.26. The van der Waals surface area contributed by atoms with E-state index in [0.717, 1.165) is 4.90 Å². The Morgan fingerprint density at radius 3 is 2.40 bits per heavy atom. The number of carbonyl (C=O) groups is 3. The van der Waals surface area contributed by atoms with E-state index in [-0.39, 0.29) is 19.0 Å². The number of hydrogen-bond acceptors (Lipinski definition) is 4. The number of hydrogen-bond donors (Lipinski definition) is 1. The number of anilines is 1. The highest BCUT2D eigenvalue weighted by atomic mass is 16.5. The molecule has 1 N–H and O–H groups in total. The van der Waals surface area contributed by atoms with E-state index in [0.29, 0.717) is 23.4 Å². The fraction of sp³-hybridized carbons (Fsp3) is 0.261. The average molecular weight is 407 g/mol. The molecular weight excluding hydrogens is 382 g/mol. The largest absolute Gasteiger partial charge is 0.497 e. The Labute approximate surface area is 175 Å². The third-order valence-corrected chi connectivity index (χ3v) is 5.26. The van der Waals surface area contributed by atoms with Gasteiger partial charge >= 0.3 is 6.03 Å². The summed E-state index contributed by atoms with van der Waals surface area (Å²) in [7, 11) is 1.56. The first kappa shape index (κ1) is 21.1. The van der Waals surface area contributed by atoms with Crippen LogP contribution < -0.4 is 15.0 Å². The summed E-state index contributed by atoms with van der Waals surface area (Å²) >= 11 is 0. The van der Waals surface area contributed by atoms with Crippen LogP contribution in [0.25, 0.3) is 0 Å². The molecule has 1 aliphatic rings. The number of nitrogens with zero attached hydrogens (tertiary/aromatic N) is 2. The van der Waals surface area contributed by atoms with Crippen LogP contribution in [0.4, 0.5) is 10.5 Å². The topological polar surface area (TPSA) is 79.0 Å². The minimum atomic E-state index is -1.21. The van der Waals surface area contributed by atoms with Gasteiger partial charge in [-0.25, -0.2) is 4.79 Å². The molecule has 2 aromatic carbocycles. The lowest BCUT2D eigenvalue weighted by Gasteiger charge is -2.27. The van der Waals surface area contributed by atoms with Crippen LogP contribution in [0.15, 0.2) is 67.3 Å². The van der Waals surface area contributed by atoms with E-state index >= 15 is 0 Å². The Morgan fingerprint density at radius 2 is 1.83 bits per heavy atom. The molecule has 7 heteroatoms. The van der Waals surface area contributed by atoms with Gasteiger partial charge in [0.15, 0.2) is 0 Å². The summed E-state index contributed by atoms with van der Waals surface area (Å²) < 4.78 is 5.17. The summed E-state index contributed by atoms with van der Waals surface area (Å²) in [6, 6.07) is 15.5. The molecule has 30 heavy (non-hydrogen) atoms. The summed E-state index contributed by atoms with van der Waals surface area (Å²) in [5, 5.41) is 2.79. The summed E-state index contributed by atoms with van der Waals surface area (Å²) in [6.45, 7) is 5.43. The van der Waals surface area contributed by atoms with Gasteiger partial charge in [-0.2, -0.15) is 0 Å². The molecule has 1 saturated heterocycles. The zero-order valence-electron chi connectivity index (χ0n) is 17.1. The minimum Gasteiger partial charge on any atom is -0.497 e. The molecule has 1 aliphatic heterocycles. The zero-order chi connectivity index (χ0) is 21.7. The van der Waals surface area contributed by atoms with Gasteiger partial charge in [0.2, 0.25) is 5.91 Å². The van der Waals surface area contributed by atoms with Gasteiger partial charge in [0.25, 0.3) is 5.91 Å². The van der Waals surface area contributed by atoms with E-state index in [4.69, 9.17) is 4.74 Å². The van der Waals surface area contributed by atoms with Crippen molar-refractivity contribution in [2.24, 2.45) is 0 Å². The predicted octanol–water partition coefficient (Wildman–Crippen LogP) is 3.07. The Hall–Kier alpha value is -3.61. The Kier molecular flexibility index (Phi) is 6.20. The molecule has 156 valence electrons. The van der Waals surface area contributed by atoms with Crippen LogP contribution in [-0.4, -0.2) is 42.9 Å². The Bertz CT molecular complexity index is 943. The second-order valence-corrected chi connectivity index (χ2v) is 6.94. The summed E-state index contributed by atoms with van der Waals surface area (Å²) in [5.41, 5.74) is 0.107. The lowest BCUT2D eigenvalue weighted by atomic mass is 9.87. The van der Waals surface area contributed by atoms with Crippen LogP contribution in [0, 0.1) is 0 Å². The van der Waals surface area contributed by atoms with Gasteiger partial charge in [-0.05, 0) is 36.2 Å². The number of imide groups is 1. The molecule has 7 nitrogen and oxygen atoms in total. The molecule has 3 rings (SSSR count). The van der Waals surface area contributed by atoms with Crippen LogP contribution in [-0.2, 0) is 15.1 Å². The molecule has 0 unspecified atom stereocenters. The molecule has 1 fully saturated rings. The fourth-order valence-electron chi connectivity index (χ4n) is 3.59. The number of amides is 4. The number of nitrogens with one attached hydrogen (secondary N) is 1. The highest BCUT2D eigenvalue weighted by Crippen LogP contribution is 2.33. The van der Waals surface area contributed by atoms with E-state index in [1.165, 1.54) is 4.90 Å². The van der Waals surface area contributed by atoms with Crippen molar-refractivity contribution in [1.82, 2.24) is 10.2 Å². The monoisotopic (exact) mass is 407 g/mol. The standard InChI is InChI=1S/C23H25N3O4/c1-4-15-25(18-9-7-6-8-10-18)20(27)16-26-21(28)23(5-2,24-22(26)29)17-11-13-19(30-3)14-12-17/h4,6-14H,1,5,15-16H2,2-3H3,(H,24,29)/t23-/m0/s1. The second-order valence-electron chi connectivity index (χ2n) is 6.94. The van der Waals surface area contributed by atoms with Crippen molar-refractivity contribution in [3.63, 3.8) is 0 Å². The number of rotatable bonds is 8. The molecule has 0 saturated carbocycles. The summed E-state index contributed by atoms with van der Waals surface area (Å²) in [6.07, 6.45) is 1.95. The first-order valence-electron chi connectivity index (χ1n) is 9.71. The molecule has 0 spiro atoms. The van der Waals surface area contributed by atoms with Gasteiger partial charge in [0.05, 0.1) is 7.11 Å². The number of para-hydroxylation sites is 1. The molecule has 0 aromatic heterocycles. The first-order valence-corrected chi connectivity index (χ1v) is 9.71. The zero-order valence-corrected chi connectivity index (χ0v) is 17.1. The number of ether oxygens (including phenoxy) is 1. The lowest BCUT2D eigenvalue weighted by Crippen LogP contribution is -2.45. The van der Waals surface area contributed by atoms with Gasteiger partial charge in [0, 0.05) is 12.2 Å². The lowest BCUT2D eigenvalue weighted by molar-refractivity contribution is -0.134. The van der Waals surface area contributed by atoms with Crippen LogP contribution in [0.5, 0.6) is 5.75 Å². The molecule has 0 radical (unpaired) electrons. The highest BCUT2D eigenvalue weighted by Gasteiger charge is 2.51. The van der Waals surface area contributed by atoms with E-state index in [2.05, 4.69) is 11.9 Å². The third kappa shape index (κ3) is 3.78.